The summed E-state index contributed by atoms with van der Waals surface area (Å²) in [5, 5.41) is 10.2. The van der Waals surface area contributed by atoms with Crippen LogP contribution in [0.15, 0.2) is 29.9 Å². The molecule has 0 bridgehead atoms. The molecule has 2 aromatic heterocycles. The molecule has 0 spiro atoms. The van der Waals surface area contributed by atoms with Crippen LogP contribution < -0.4 is 20.1 Å². The van der Waals surface area contributed by atoms with Crippen molar-refractivity contribution in [1.82, 2.24) is 15.3 Å². The van der Waals surface area contributed by atoms with E-state index in [2.05, 4.69) is 26.0 Å². The van der Waals surface area contributed by atoms with Gasteiger partial charge in [-0.05, 0) is 43.6 Å². The van der Waals surface area contributed by atoms with Gasteiger partial charge in [0, 0.05) is 17.0 Å². The number of hydrogen-bond donors (Lipinski definition) is 2. The van der Waals surface area contributed by atoms with Crippen LogP contribution in [0.3, 0.4) is 0 Å². The largest absolute Gasteiger partial charge is 0.493 e. The minimum Gasteiger partial charge on any atom is -0.493 e. The molecule has 1 aliphatic rings. The molecule has 0 amide bonds. The van der Waals surface area contributed by atoms with Gasteiger partial charge < -0.3 is 20.1 Å². The first-order valence-corrected chi connectivity index (χ1v) is 9.60. The lowest BCUT2D eigenvalue weighted by Crippen LogP contribution is -2.35. The molecule has 0 saturated carbocycles. The molecule has 3 aromatic rings. The second kappa shape index (κ2) is 7.47. The van der Waals surface area contributed by atoms with E-state index in [1.807, 2.05) is 18.2 Å². The number of piperidine rings is 1. The van der Waals surface area contributed by atoms with Crippen LogP contribution in [-0.4, -0.2) is 43.3 Å². The van der Waals surface area contributed by atoms with E-state index < -0.39 is 0 Å². The zero-order chi connectivity index (χ0) is 17.9. The molecule has 3 heterocycles. The van der Waals surface area contributed by atoms with Crippen molar-refractivity contribution < 1.29 is 9.47 Å². The molecule has 2 N–H and O–H groups in total. The smallest absolute Gasteiger partial charge is 0.161 e. The zero-order valence-corrected chi connectivity index (χ0v) is 15.7. The van der Waals surface area contributed by atoms with Crippen molar-refractivity contribution in [1.29, 1.82) is 0 Å². The lowest BCUT2D eigenvalue weighted by molar-refractivity contribution is 0.355. The molecular weight excluding hydrogens is 348 g/mol. The molecule has 136 valence electrons. The van der Waals surface area contributed by atoms with Gasteiger partial charge in [-0.3, -0.25) is 0 Å². The van der Waals surface area contributed by atoms with E-state index in [1.54, 1.807) is 31.9 Å². The van der Waals surface area contributed by atoms with Crippen LogP contribution in [0.4, 0.5) is 5.82 Å². The van der Waals surface area contributed by atoms with Crippen molar-refractivity contribution >= 4 is 27.4 Å². The van der Waals surface area contributed by atoms with Crippen LogP contribution in [0.2, 0.25) is 0 Å². The fraction of sp³-hybridized carbons (Fsp3) is 0.368. The van der Waals surface area contributed by atoms with Crippen LogP contribution in [0.5, 0.6) is 11.5 Å². The fourth-order valence-corrected chi connectivity index (χ4v) is 4.28. The van der Waals surface area contributed by atoms with Crippen LogP contribution in [0, 0.1) is 0 Å². The molecule has 0 atom stereocenters. The van der Waals surface area contributed by atoms with Crippen LogP contribution >= 0.6 is 11.3 Å². The number of anilines is 1. The summed E-state index contributed by atoms with van der Waals surface area (Å²) in [6, 6.07) is 6.42. The first-order chi connectivity index (χ1) is 12.8. The molecule has 1 aliphatic heterocycles. The standard InChI is InChI=1S/C19H22N4O2S/c1-24-15-4-3-12(9-16(15)25-2)14-10-26-19-17(14)18(21-11-22-19)23-13-5-7-20-8-6-13/h3-4,9-11,13,20H,5-8H2,1-2H3,(H,21,22,23). The summed E-state index contributed by atoms with van der Waals surface area (Å²) in [6.07, 6.45) is 3.84. The Labute approximate surface area is 156 Å². The third kappa shape index (κ3) is 3.20. The molecule has 4 rings (SSSR count). The van der Waals surface area contributed by atoms with Crippen LogP contribution in [0.1, 0.15) is 12.8 Å². The van der Waals surface area contributed by atoms with E-state index in [4.69, 9.17) is 9.47 Å². The van der Waals surface area contributed by atoms with Gasteiger partial charge in [0.15, 0.2) is 11.5 Å². The van der Waals surface area contributed by atoms with Crippen molar-refractivity contribution in [2.75, 3.05) is 32.6 Å². The normalized spacial score (nSPS) is 15.2. The highest BCUT2D eigenvalue weighted by molar-refractivity contribution is 7.17. The monoisotopic (exact) mass is 370 g/mol. The molecule has 7 heteroatoms. The topological polar surface area (TPSA) is 68.3 Å². The van der Waals surface area contributed by atoms with E-state index in [-0.39, 0.29) is 0 Å². The van der Waals surface area contributed by atoms with E-state index in [9.17, 15) is 0 Å². The van der Waals surface area contributed by atoms with E-state index in [1.165, 1.54) is 0 Å². The summed E-state index contributed by atoms with van der Waals surface area (Å²) >= 11 is 1.63. The van der Waals surface area contributed by atoms with Gasteiger partial charge in [-0.2, -0.15) is 0 Å². The summed E-state index contributed by atoms with van der Waals surface area (Å²) in [5.41, 5.74) is 2.18. The van der Waals surface area contributed by atoms with E-state index in [0.717, 1.165) is 58.8 Å². The average molecular weight is 370 g/mol. The minimum absolute atomic E-state index is 0.438. The van der Waals surface area contributed by atoms with Crippen molar-refractivity contribution in [2.45, 2.75) is 18.9 Å². The molecule has 1 aromatic carbocycles. The number of aromatic nitrogens is 2. The molecule has 0 radical (unpaired) electrons. The van der Waals surface area contributed by atoms with Crippen molar-refractivity contribution in [3.63, 3.8) is 0 Å². The maximum absolute atomic E-state index is 5.46. The highest BCUT2D eigenvalue weighted by Gasteiger charge is 2.18. The average Bonchev–Trinajstić information content (AvgIpc) is 3.13. The van der Waals surface area contributed by atoms with Gasteiger partial charge in [0.25, 0.3) is 0 Å². The molecule has 0 aliphatic carbocycles. The number of ether oxygens (including phenoxy) is 2. The number of thiophene rings is 1. The highest BCUT2D eigenvalue weighted by Crippen LogP contribution is 2.40. The lowest BCUT2D eigenvalue weighted by atomic mass is 10.0. The molecule has 26 heavy (non-hydrogen) atoms. The number of nitrogens with one attached hydrogen (secondary N) is 2. The maximum Gasteiger partial charge on any atom is 0.161 e. The predicted molar refractivity (Wildman–Crippen MR) is 105 cm³/mol. The van der Waals surface area contributed by atoms with Gasteiger partial charge in [0.05, 0.1) is 19.6 Å². The number of benzene rings is 1. The Hall–Kier alpha value is -2.38. The number of hydrogen-bond acceptors (Lipinski definition) is 7. The number of fused-ring (bicyclic) bond motifs is 1. The van der Waals surface area contributed by atoms with Gasteiger partial charge in [0.2, 0.25) is 0 Å². The van der Waals surface area contributed by atoms with E-state index in [0.29, 0.717) is 11.8 Å². The summed E-state index contributed by atoms with van der Waals surface area (Å²) in [4.78, 5) is 9.99. The Bertz CT molecular complexity index is 906. The fourth-order valence-electron chi connectivity index (χ4n) is 3.36. The molecule has 1 fully saturated rings. The number of rotatable bonds is 5. The summed E-state index contributed by atoms with van der Waals surface area (Å²) in [5.74, 6) is 2.35. The Morgan fingerprint density at radius 3 is 2.69 bits per heavy atom. The van der Waals surface area contributed by atoms with Crippen LogP contribution in [-0.2, 0) is 0 Å². The van der Waals surface area contributed by atoms with Crippen molar-refractivity contribution in [3.8, 4) is 22.6 Å². The first-order valence-electron chi connectivity index (χ1n) is 8.72. The highest BCUT2D eigenvalue weighted by atomic mass is 32.1. The summed E-state index contributed by atoms with van der Waals surface area (Å²) in [7, 11) is 3.30. The SMILES string of the molecule is COc1ccc(-c2csc3ncnc(NC4CCNCC4)c23)cc1OC. The maximum atomic E-state index is 5.46. The van der Waals surface area contributed by atoms with Gasteiger partial charge in [-0.25, -0.2) is 9.97 Å². The number of methoxy groups -OCH3 is 2. The van der Waals surface area contributed by atoms with Gasteiger partial charge in [0.1, 0.15) is 17.0 Å². The lowest BCUT2D eigenvalue weighted by Gasteiger charge is -2.24. The zero-order valence-electron chi connectivity index (χ0n) is 14.9. The van der Waals surface area contributed by atoms with Crippen molar-refractivity contribution in [3.05, 3.63) is 29.9 Å². The Balaban J connectivity index is 1.76. The molecule has 6 nitrogen and oxygen atoms in total. The molecular formula is C19H22N4O2S. The summed E-state index contributed by atoms with van der Waals surface area (Å²) < 4.78 is 10.8. The first kappa shape index (κ1) is 17.1. The Morgan fingerprint density at radius 2 is 1.92 bits per heavy atom. The van der Waals surface area contributed by atoms with Crippen molar-refractivity contribution in [2.24, 2.45) is 0 Å². The Morgan fingerprint density at radius 1 is 1.12 bits per heavy atom. The van der Waals surface area contributed by atoms with Crippen LogP contribution in [0.25, 0.3) is 21.3 Å². The van der Waals surface area contributed by atoms with E-state index >= 15 is 0 Å². The minimum atomic E-state index is 0.438. The quantitative estimate of drug-likeness (QED) is 0.716. The second-order valence-electron chi connectivity index (χ2n) is 6.29. The molecule has 1 saturated heterocycles. The molecule has 0 unspecified atom stereocenters. The number of nitrogens with zero attached hydrogens (tertiary/aromatic N) is 2. The Kier molecular flexibility index (Phi) is 4.90. The van der Waals surface area contributed by atoms with Gasteiger partial charge in [-0.15, -0.1) is 11.3 Å². The summed E-state index contributed by atoms with van der Waals surface area (Å²) in [6.45, 7) is 2.08. The van der Waals surface area contributed by atoms with Gasteiger partial charge in [-0.1, -0.05) is 6.07 Å². The third-order valence-electron chi connectivity index (χ3n) is 4.74. The second-order valence-corrected chi connectivity index (χ2v) is 7.15. The third-order valence-corrected chi connectivity index (χ3v) is 5.63. The predicted octanol–water partition coefficient (Wildman–Crippen LogP) is 3.54. The van der Waals surface area contributed by atoms with Gasteiger partial charge >= 0.3 is 0 Å².